The van der Waals surface area contributed by atoms with Gasteiger partial charge in [-0.2, -0.15) is 0 Å². The van der Waals surface area contributed by atoms with Crippen molar-refractivity contribution in [3.8, 4) is 5.75 Å². The van der Waals surface area contributed by atoms with Crippen LogP contribution in [0.1, 0.15) is 26.3 Å². The van der Waals surface area contributed by atoms with Crippen molar-refractivity contribution in [1.82, 2.24) is 5.32 Å². The maximum absolute atomic E-state index is 11.6. The van der Waals surface area contributed by atoms with Crippen LogP contribution in [0.15, 0.2) is 36.9 Å². The van der Waals surface area contributed by atoms with Crippen LogP contribution in [0.25, 0.3) is 0 Å². The van der Waals surface area contributed by atoms with Gasteiger partial charge in [0, 0.05) is 12.1 Å². The minimum Gasteiger partial charge on any atom is -0.489 e. The molecule has 0 saturated carbocycles. The fourth-order valence-electron chi connectivity index (χ4n) is 1.42. The third kappa shape index (κ3) is 5.95. The molecule has 0 heterocycles. The molecule has 1 aromatic rings. The highest BCUT2D eigenvalue weighted by atomic mass is 16.6. The first-order valence-electron chi connectivity index (χ1n) is 6.21. The molecule has 0 unspecified atom stereocenters. The van der Waals surface area contributed by atoms with Gasteiger partial charge in [0.25, 0.3) is 0 Å². The van der Waals surface area contributed by atoms with Crippen LogP contribution < -0.4 is 10.1 Å². The molecule has 1 aromatic carbocycles. The molecule has 0 fully saturated rings. The van der Waals surface area contributed by atoms with Crippen LogP contribution in [0.5, 0.6) is 5.75 Å². The van der Waals surface area contributed by atoms with E-state index in [0.717, 1.165) is 11.3 Å². The fourth-order valence-corrected chi connectivity index (χ4v) is 1.42. The summed E-state index contributed by atoms with van der Waals surface area (Å²) in [7, 11) is 0. The number of para-hydroxylation sites is 1. The van der Waals surface area contributed by atoms with E-state index in [4.69, 9.17) is 9.47 Å². The second-order valence-corrected chi connectivity index (χ2v) is 5.06. The normalized spacial score (nSPS) is 10.7. The predicted molar refractivity (Wildman–Crippen MR) is 75.2 cm³/mol. The number of carbonyl (C=O) groups excluding carboxylic acids is 1. The summed E-state index contributed by atoms with van der Waals surface area (Å²) in [4.78, 5) is 11.6. The summed E-state index contributed by atoms with van der Waals surface area (Å²) in [5.74, 6) is 0.735. The molecule has 0 aromatic heterocycles. The number of alkyl carbamates (subject to hydrolysis) is 1. The van der Waals surface area contributed by atoms with Gasteiger partial charge in [-0.05, 0) is 26.8 Å². The van der Waals surface area contributed by atoms with Crippen LogP contribution >= 0.6 is 0 Å². The van der Waals surface area contributed by atoms with Gasteiger partial charge in [-0.25, -0.2) is 4.79 Å². The molecule has 19 heavy (non-hydrogen) atoms. The third-order valence-electron chi connectivity index (χ3n) is 2.15. The van der Waals surface area contributed by atoms with Crippen LogP contribution in [0.4, 0.5) is 4.79 Å². The molecule has 0 spiro atoms. The minimum atomic E-state index is -0.497. The highest BCUT2D eigenvalue weighted by Gasteiger charge is 2.16. The van der Waals surface area contributed by atoms with Crippen LogP contribution in [0.3, 0.4) is 0 Å². The Kier molecular flexibility index (Phi) is 5.42. The van der Waals surface area contributed by atoms with E-state index in [-0.39, 0.29) is 0 Å². The average Bonchev–Trinajstić information content (AvgIpc) is 2.32. The molecule has 1 N–H and O–H groups in total. The van der Waals surface area contributed by atoms with Crippen molar-refractivity contribution in [2.24, 2.45) is 0 Å². The van der Waals surface area contributed by atoms with Gasteiger partial charge in [0.05, 0.1) is 0 Å². The highest BCUT2D eigenvalue weighted by molar-refractivity contribution is 5.67. The summed E-state index contributed by atoms with van der Waals surface area (Å²) in [5, 5.41) is 2.71. The van der Waals surface area contributed by atoms with Gasteiger partial charge >= 0.3 is 6.09 Å². The fraction of sp³-hybridized carbons (Fsp3) is 0.400. The Balaban J connectivity index is 2.57. The number of hydrogen-bond acceptors (Lipinski definition) is 3. The number of amides is 1. The Hall–Kier alpha value is -1.97. The van der Waals surface area contributed by atoms with E-state index in [9.17, 15) is 4.79 Å². The molecule has 0 aliphatic rings. The number of benzene rings is 1. The number of nitrogens with one attached hydrogen (secondary N) is 1. The molecule has 0 bridgehead atoms. The van der Waals surface area contributed by atoms with E-state index >= 15 is 0 Å². The molecule has 0 aliphatic carbocycles. The smallest absolute Gasteiger partial charge is 0.407 e. The number of ether oxygens (including phenoxy) is 2. The summed E-state index contributed by atoms with van der Waals surface area (Å²) in [6.45, 7) is 9.88. The van der Waals surface area contributed by atoms with Crippen LogP contribution in [0, 0.1) is 0 Å². The zero-order valence-electron chi connectivity index (χ0n) is 11.7. The molecule has 0 saturated heterocycles. The lowest BCUT2D eigenvalue weighted by Gasteiger charge is -2.20. The summed E-state index contributed by atoms with van der Waals surface area (Å²) in [5.41, 5.74) is 0.401. The Morgan fingerprint density at radius 2 is 2.05 bits per heavy atom. The van der Waals surface area contributed by atoms with Crippen LogP contribution in [-0.4, -0.2) is 18.3 Å². The van der Waals surface area contributed by atoms with E-state index in [0.29, 0.717) is 13.2 Å². The zero-order valence-corrected chi connectivity index (χ0v) is 11.7. The van der Waals surface area contributed by atoms with Crippen LogP contribution in [0.2, 0.25) is 0 Å². The highest BCUT2D eigenvalue weighted by Crippen LogP contribution is 2.17. The van der Waals surface area contributed by atoms with E-state index in [2.05, 4.69) is 11.9 Å². The van der Waals surface area contributed by atoms with Crippen molar-refractivity contribution in [2.45, 2.75) is 32.9 Å². The SMILES string of the molecule is C=CCOc1ccccc1CNC(=O)OC(C)(C)C. The standard InChI is InChI=1S/C15H21NO3/c1-5-10-18-13-9-7-6-8-12(13)11-16-14(17)19-15(2,3)4/h5-9H,1,10-11H2,2-4H3,(H,16,17). The van der Waals surface area contributed by atoms with Gasteiger partial charge in [-0.3, -0.25) is 0 Å². The molecule has 0 aliphatic heterocycles. The zero-order chi connectivity index (χ0) is 14.3. The van der Waals surface area contributed by atoms with E-state index in [1.807, 2.05) is 45.0 Å². The Morgan fingerprint density at radius 1 is 1.37 bits per heavy atom. The van der Waals surface area contributed by atoms with E-state index in [1.54, 1.807) is 6.08 Å². The van der Waals surface area contributed by atoms with Gasteiger partial charge in [0.2, 0.25) is 0 Å². The molecular formula is C15H21NO3. The summed E-state index contributed by atoms with van der Waals surface area (Å²) in [6.07, 6.45) is 1.24. The molecule has 4 heteroatoms. The lowest BCUT2D eigenvalue weighted by Crippen LogP contribution is -2.32. The van der Waals surface area contributed by atoms with E-state index < -0.39 is 11.7 Å². The maximum Gasteiger partial charge on any atom is 0.407 e. The molecule has 0 atom stereocenters. The second-order valence-electron chi connectivity index (χ2n) is 5.06. The molecule has 4 nitrogen and oxygen atoms in total. The topological polar surface area (TPSA) is 47.6 Å². The monoisotopic (exact) mass is 263 g/mol. The molecule has 1 rings (SSSR count). The molecule has 1 amide bonds. The van der Waals surface area contributed by atoms with Crippen LogP contribution in [-0.2, 0) is 11.3 Å². The Morgan fingerprint density at radius 3 is 2.68 bits per heavy atom. The van der Waals surface area contributed by atoms with Crippen molar-refractivity contribution >= 4 is 6.09 Å². The maximum atomic E-state index is 11.6. The first-order chi connectivity index (χ1) is 8.92. The largest absolute Gasteiger partial charge is 0.489 e. The van der Waals surface area contributed by atoms with Gasteiger partial charge in [0.1, 0.15) is 18.0 Å². The van der Waals surface area contributed by atoms with Crippen molar-refractivity contribution in [3.05, 3.63) is 42.5 Å². The minimum absolute atomic E-state index is 0.363. The Bertz CT molecular complexity index is 435. The third-order valence-corrected chi connectivity index (χ3v) is 2.15. The Labute approximate surface area is 114 Å². The average molecular weight is 263 g/mol. The summed E-state index contributed by atoms with van der Waals surface area (Å²) in [6, 6.07) is 7.54. The van der Waals surface area contributed by atoms with Gasteiger partial charge in [0.15, 0.2) is 0 Å². The van der Waals surface area contributed by atoms with Crippen molar-refractivity contribution in [2.75, 3.05) is 6.61 Å². The molecular weight excluding hydrogens is 242 g/mol. The lowest BCUT2D eigenvalue weighted by molar-refractivity contribution is 0.0523. The number of rotatable bonds is 5. The first kappa shape index (κ1) is 15.1. The predicted octanol–water partition coefficient (Wildman–Crippen LogP) is 3.28. The van der Waals surface area contributed by atoms with E-state index in [1.165, 1.54) is 0 Å². The summed E-state index contributed by atoms with van der Waals surface area (Å²) < 4.78 is 10.7. The van der Waals surface area contributed by atoms with Gasteiger partial charge < -0.3 is 14.8 Å². The van der Waals surface area contributed by atoms with Gasteiger partial charge in [-0.15, -0.1) is 0 Å². The molecule has 104 valence electrons. The summed E-state index contributed by atoms with van der Waals surface area (Å²) >= 11 is 0. The molecule has 0 radical (unpaired) electrons. The quantitative estimate of drug-likeness (QED) is 0.829. The number of carbonyl (C=O) groups is 1. The first-order valence-corrected chi connectivity index (χ1v) is 6.21. The lowest BCUT2D eigenvalue weighted by atomic mass is 10.2. The van der Waals surface area contributed by atoms with Gasteiger partial charge in [-0.1, -0.05) is 30.9 Å². The van der Waals surface area contributed by atoms with Crippen molar-refractivity contribution < 1.29 is 14.3 Å². The number of hydrogen-bond donors (Lipinski definition) is 1. The van der Waals surface area contributed by atoms with Crippen molar-refractivity contribution in [3.63, 3.8) is 0 Å². The van der Waals surface area contributed by atoms with Crippen molar-refractivity contribution in [1.29, 1.82) is 0 Å². The second kappa shape index (κ2) is 6.83.